The van der Waals surface area contributed by atoms with E-state index in [0.29, 0.717) is 17.8 Å². The molecule has 1 fully saturated rings. The molecule has 5 nitrogen and oxygen atoms in total. The first-order chi connectivity index (χ1) is 13.0. The Morgan fingerprint density at radius 1 is 1.07 bits per heavy atom. The van der Waals surface area contributed by atoms with E-state index in [0.717, 1.165) is 22.2 Å². The normalized spacial score (nSPS) is 16.7. The summed E-state index contributed by atoms with van der Waals surface area (Å²) in [6, 6.07) is 15.2. The Balaban J connectivity index is 1.56. The van der Waals surface area contributed by atoms with E-state index in [1.165, 1.54) is 0 Å². The van der Waals surface area contributed by atoms with E-state index in [2.05, 4.69) is 4.98 Å². The third-order valence-corrected chi connectivity index (χ3v) is 4.97. The molecule has 1 aliphatic rings. The highest BCUT2D eigenvalue weighted by atomic mass is 16.5. The van der Waals surface area contributed by atoms with Crippen LogP contribution >= 0.6 is 0 Å². The van der Waals surface area contributed by atoms with Crippen LogP contribution in [0.3, 0.4) is 0 Å². The van der Waals surface area contributed by atoms with Crippen molar-refractivity contribution in [2.75, 3.05) is 11.4 Å². The van der Waals surface area contributed by atoms with Gasteiger partial charge in [-0.3, -0.25) is 14.6 Å². The Kier molecular flexibility index (Phi) is 4.36. The number of esters is 1. The number of amides is 1. The van der Waals surface area contributed by atoms with Crippen molar-refractivity contribution in [2.24, 2.45) is 5.92 Å². The summed E-state index contributed by atoms with van der Waals surface area (Å²) in [4.78, 5) is 31.3. The minimum absolute atomic E-state index is 0.0506. The molecular weight excluding hydrogens is 340 g/mol. The molecule has 4 rings (SSSR count). The summed E-state index contributed by atoms with van der Waals surface area (Å²) in [7, 11) is 0. The highest BCUT2D eigenvalue weighted by Gasteiger charge is 2.37. The number of carbonyl (C=O) groups is 2. The lowest BCUT2D eigenvalue weighted by molar-refractivity contribution is -0.139. The van der Waals surface area contributed by atoms with E-state index >= 15 is 0 Å². The van der Waals surface area contributed by atoms with Gasteiger partial charge in [-0.15, -0.1) is 0 Å². The van der Waals surface area contributed by atoms with Gasteiger partial charge in [0.15, 0.2) is 5.75 Å². The average molecular weight is 360 g/mol. The Bertz CT molecular complexity index is 1020. The first-order valence-electron chi connectivity index (χ1n) is 8.96. The molecule has 1 atom stereocenters. The standard InChI is InChI=1S/C22H20N2O3/c1-14-6-3-7-15(2)21(14)24-13-17(12-19(24)25)22(26)27-18-10-4-8-16-9-5-11-23-20(16)18/h3-11,17H,12-13H2,1-2H3/t17-/m1/s1. The number of fused-ring (bicyclic) bond motifs is 1. The van der Waals surface area contributed by atoms with Crippen molar-refractivity contribution in [3.05, 3.63) is 65.9 Å². The highest BCUT2D eigenvalue weighted by molar-refractivity contribution is 6.01. The molecule has 5 heteroatoms. The number of aryl methyl sites for hydroxylation is 2. The second-order valence-electron chi connectivity index (χ2n) is 6.90. The predicted molar refractivity (Wildman–Crippen MR) is 104 cm³/mol. The van der Waals surface area contributed by atoms with Crippen LogP contribution in [0, 0.1) is 19.8 Å². The fourth-order valence-electron chi connectivity index (χ4n) is 3.66. The van der Waals surface area contributed by atoms with Crippen LogP contribution in [-0.2, 0) is 9.59 Å². The van der Waals surface area contributed by atoms with Gasteiger partial charge < -0.3 is 9.64 Å². The van der Waals surface area contributed by atoms with E-state index in [9.17, 15) is 9.59 Å². The molecule has 0 radical (unpaired) electrons. The Hall–Kier alpha value is -3.21. The first kappa shape index (κ1) is 17.2. The van der Waals surface area contributed by atoms with Gasteiger partial charge in [0.1, 0.15) is 5.52 Å². The summed E-state index contributed by atoms with van der Waals surface area (Å²) in [6.45, 7) is 4.29. The summed E-state index contributed by atoms with van der Waals surface area (Å²) < 4.78 is 5.62. The largest absolute Gasteiger partial charge is 0.424 e. The SMILES string of the molecule is Cc1cccc(C)c1N1C[C@H](C(=O)Oc2cccc3cccnc23)CC1=O. The summed E-state index contributed by atoms with van der Waals surface area (Å²) in [5, 5.41) is 0.905. The van der Waals surface area contributed by atoms with Crippen molar-refractivity contribution in [1.29, 1.82) is 0 Å². The molecule has 3 aromatic rings. The van der Waals surface area contributed by atoms with E-state index in [1.54, 1.807) is 17.2 Å². The van der Waals surface area contributed by atoms with Crippen LogP contribution < -0.4 is 9.64 Å². The maximum atomic E-state index is 12.7. The van der Waals surface area contributed by atoms with E-state index < -0.39 is 11.9 Å². The predicted octanol–water partition coefficient (Wildman–Crippen LogP) is 3.81. The molecule has 0 spiro atoms. The van der Waals surface area contributed by atoms with E-state index in [4.69, 9.17) is 4.74 Å². The van der Waals surface area contributed by atoms with Crippen LogP contribution in [-0.4, -0.2) is 23.4 Å². The van der Waals surface area contributed by atoms with E-state index in [-0.39, 0.29) is 12.3 Å². The molecule has 1 aromatic heterocycles. The number of pyridine rings is 1. The number of aromatic nitrogens is 1. The molecule has 27 heavy (non-hydrogen) atoms. The van der Waals surface area contributed by atoms with Gasteiger partial charge in [0.25, 0.3) is 0 Å². The molecule has 1 saturated heterocycles. The zero-order chi connectivity index (χ0) is 19.0. The van der Waals surface area contributed by atoms with Gasteiger partial charge in [0, 0.05) is 30.2 Å². The number of nitrogens with zero attached hydrogens (tertiary/aromatic N) is 2. The summed E-state index contributed by atoms with van der Waals surface area (Å²) >= 11 is 0. The van der Waals surface area contributed by atoms with Crippen LogP contribution in [0.15, 0.2) is 54.7 Å². The van der Waals surface area contributed by atoms with Crippen LogP contribution in [0.1, 0.15) is 17.5 Å². The van der Waals surface area contributed by atoms with Gasteiger partial charge in [0.05, 0.1) is 5.92 Å². The zero-order valence-corrected chi connectivity index (χ0v) is 15.3. The second kappa shape index (κ2) is 6.83. The van der Waals surface area contributed by atoms with Crippen molar-refractivity contribution in [1.82, 2.24) is 4.98 Å². The van der Waals surface area contributed by atoms with Crippen molar-refractivity contribution in [2.45, 2.75) is 20.3 Å². The number of hydrogen-bond donors (Lipinski definition) is 0. The molecule has 0 unspecified atom stereocenters. The number of hydrogen-bond acceptors (Lipinski definition) is 4. The van der Waals surface area contributed by atoms with Crippen LogP contribution in [0.25, 0.3) is 10.9 Å². The van der Waals surface area contributed by atoms with Gasteiger partial charge in [-0.25, -0.2) is 0 Å². The third kappa shape index (κ3) is 3.16. The molecule has 0 saturated carbocycles. The minimum Gasteiger partial charge on any atom is -0.424 e. The van der Waals surface area contributed by atoms with Gasteiger partial charge in [-0.1, -0.05) is 36.4 Å². The van der Waals surface area contributed by atoms with Crippen LogP contribution in [0.2, 0.25) is 0 Å². The smallest absolute Gasteiger partial charge is 0.316 e. The van der Waals surface area contributed by atoms with Gasteiger partial charge in [-0.2, -0.15) is 0 Å². The first-order valence-corrected chi connectivity index (χ1v) is 8.96. The Labute approximate surface area is 157 Å². The fourth-order valence-corrected chi connectivity index (χ4v) is 3.66. The lowest BCUT2D eigenvalue weighted by atomic mass is 10.1. The minimum atomic E-state index is -0.490. The third-order valence-electron chi connectivity index (χ3n) is 4.97. The quantitative estimate of drug-likeness (QED) is 0.526. The van der Waals surface area contributed by atoms with Gasteiger partial charge in [0.2, 0.25) is 5.91 Å². The van der Waals surface area contributed by atoms with E-state index in [1.807, 2.05) is 56.3 Å². The summed E-state index contributed by atoms with van der Waals surface area (Å²) in [6.07, 6.45) is 1.83. The number of rotatable bonds is 3. The molecule has 2 aromatic carbocycles. The van der Waals surface area contributed by atoms with Crippen molar-refractivity contribution < 1.29 is 14.3 Å². The fraction of sp³-hybridized carbons (Fsp3) is 0.227. The molecule has 1 aliphatic heterocycles. The maximum absolute atomic E-state index is 12.7. The molecular formula is C22H20N2O3. The topological polar surface area (TPSA) is 59.5 Å². The van der Waals surface area contributed by atoms with Gasteiger partial charge >= 0.3 is 5.97 Å². The number of para-hydroxylation sites is 2. The lowest BCUT2D eigenvalue weighted by Crippen LogP contribution is -2.28. The van der Waals surface area contributed by atoms with Crippen LogP contribution in [0.4, 0.5) is 5.69 Å². The maximum Gasteiger partial charge on any atom is 0.316 e. The summed E-state index contributed by atoms with van der Waals surface area (Å²) in [5.41, 5.74) is 3.58. The Morgan fingerprint density at radius 3 is 2.56 bits per heavy atom. The molecule has 0 aliphatic carbocycles. The van der Waals surface area contributed by atoms with Gasteiger partial charge in [-0.05, 0) is 37.1 Å². The number of benzene rings is 2. The molecule has 2 heterocycles. The molecule has 1 amide bonds. The Morgan fingerprint density at radius 2 is 1.78 bits per heavy atom. The van der Waals surface area contributed by atoms with Crippen molar-refractivity contribution in [3.8, 4) is 5.75 Å². The van der Waals surface area contributed by atoms with Crippen molar-refractivity contribution in [3.63, 3.8) is 0 Å². The average Bonchev–Trinajstić information content (AvgIpc) is 3.04. The van der Waals surface area contributed by atoms with Crippen LogP contribution in [0.5, 0.6) is 5.75 Å². The number of ether oxygens (including phenoxy) is 1. The summed E-state index contributed by atoms with van der Waals surface area (Å²) in [5.74, 6) is -0.507. The highest BCUT2D eigenvalue weighted by Crippen LogP contribution is 2.32. The monoisotopic (exact) mass is 360 g/mol. The number of anilines is 1. The molecule has 136 valence electrons. The number of carbonyl (C=O) groups excluding carboxylic acids is 2. The lowest BCUT2D eigenvalue weighted by Gasteiger charge is -2.21. The van der Waals surface area contributed by atoms with Crippen molar-refractivity contribution >= 4 is 28.5 Å². The zero-order valence-electron chi connectivity index (χ0n) is 15.3. The molecule has 0 bridgehead atoms. The second-order valence-corrected chi connectivity index (χ2v) is 6.90. The molecule has 0 N–H and O–H groups in total.